The van der Waals surface area contributed by atoms with E-state index in [0.29, 0.717) is 11.4 Å². The number of nitrogens with one attached hydrogen (secondary N) is 1. The van der Waals surface area contributed by atoms with Gasteiger partial charge in [-0.15, -0.1) is 0 Å². The monoisotopic (exact) mass is 255 g/mol. The van der Waals surface area contributed by atoms with E-state index in [-0.39, 0.29) is 12.8 Å². The Bertz CT molecular complexity index is 450. The van der Waals surface area contributed by atoms with Gasteiger partial charge in [0.1, 0.15) is 23.5 Å². The number of anilines is 1. The predicted octanol–water partition coefficient (Wildman–Crippen LogP) is -0.873. The lowest BCUT2D eigenvalue weighted by Gasteiger charge is -2.01. The smallest absolute Gasteiger partial charge is 0.320 e. The number of nitrogens with zero attached hydrogens (tertiary/aromatic N) is 2. The molecule has 1 rings (SSSR count). The maximum absolute atomic E-state index is 9.99. The van der Waals surface area contributed by atoms with Crippen molar-refractivity contribution in [3.63, 3.8) is 0 Å². The van der Waals surface area contributed by atoms with Gasteiger partial charge < -0.3 is 21.7 Å². The number of nitrogens with two attached hydrogens (primary N) is 2. The molecule has 0 saturated carbocycles. The predicted molar refractivity (Wildman–Crippen MR) is 60.2 cm³/mol. The van der Waals surface area contributed by atoms with Crippen LogP contribution in [0.15, 0.2) is 6.20 Å². The summed E-state index contributed by atoms with van der Waals surface area (Å²) in [5.41, 5.74) is 10.6. The number of rotatable bonds is 4. The number of hydrogen-bond acceptors (Lipinski definition) is 6. The molecule has 18 heavy (non-hydrogen) atoms. The van der Waals surface area contributed by atoms with E-state index in [1.165, 1.54) is 6.20 Å². The van der Waals surface area contributed by atoms with Crippen molar-refractivity contribution in [1.29, 1.82) is 5.26 Å². The summed E-state index contributed by atoms with van der Waals surface area (Å²) < 4.78 is 0. The molecule has 9 heteroatoms. The molecule has 9 nitrogen and oxygen atoms in total. The number of carboxylic acid groups (broad SMARTS) is 2. The van der Waals surface area contributed by atoms with Crippen LogP contribution in [0.3, 0.4) is 0 Å². The van der Waals surface area contributed by atoms with Gasteiger partial charge in [-0.3, -0.25) is 14.7 Å². The number of aliphatic carboxylic acids is 2. The van der Waals surface area contributed by atoms with E-state index in [0.717, 1.165) is 0 Å². The number of nitriles is 1. The number of hydrogen-bond donors (Lipinski definition) is 5. The van der Waals surface area contributed by atoms with Crippen LogP contribution in [0, 0.1) is 11.3 Å². The summed E-state index contributed by atoms with van der Waals surface area (Å²) in [6.07, 6.45) is 1.16. The van der Waals surface area contributed by atoms with Gasteiger partial charge in [0.2, 0.25) is 0 Å². The van der Waals surface area contributed by atoms with Crippen molar-refractivity contribution in [2.45, 2.75) is 18.9 Å². The van der Waals surface area contributed by atoms with Crippen LogP contribution >= 0.6 is 0 Å². The normalized spacial score (nSPS) is 10.7. The molecule has 0 bridgehead atoms. The molecule has 1 aromatic rings. The maximum Gasteiger partial charge on any atom is 0.320 e. The number of nitrogen functional groups attached to an aromatic ring is 1. The molecule has 0 aliphatic heterocycles. The lowest BCUT2D eigenvalue weighted by molar-refractivity contribution is -0.139. The molecule has 0 saturated heterocycles. The number of carbonyl (C=O) groups is 2. The highest BCUT2D eigenvalue weighted by Gasteiger charge is 2.12. The Morgan fingerprint density at radius 2 is 2.17 bits per heavy atom. The maximum atomic E-state index is 9.99. The van der Waals surface area contributed by atoms with Crippen molar-refractivity contribution in [3.8, 4) is 6.07 Å². The number of aromatic amines is 1. The zero-order valence-electron chi connectivity index (χ0n) is 9.33. The van der Waals surface area contributed by atoms with Crippen LogP contribution in [0.25, 0.3) is 0 Å². The molecule has 0 aliphatic rings. The fraction of sp³-hybridized carbons (Fsp3) is 0.333. The summed E-state index contributed by atoms with van der Waals surface area (Å²) in [6.45, 7) is 0. The van der Waals surface area contributed by atoms with Gasteiger partial charge in [-0.05, 0) is 6.42 Å². The zero-order valence-corrected chi connectivity index (χ0v) is 9.33. The SMILES string of the molecule is N#Cc1cn[nH]c1N.N[C@@H](CCC(=O)O)C(=O)O. The summed E-state index contributed by atoms with van der Waals surface area (Å²) in [5, 5.41) is 30.4. The number of H-pyrrole nitrogens is 1. The average Bonchev–Trinajstić information content (AvgIpc) is 2.72. The Hall–Kier alpha value is -2.60. The number of carboxylic acids is 2. The Balaban J connectivity index is 0.000000327. The van der Waals surface area contributed by atoms with Crippen LogP contribution in [0.4, 0.5) is 5.82 Å². The van der Waals surface area contributed by atoms with Gasteiger partial charge in [0.05, 0.1) is 6.20 Å². The molecule has 1 heterocycles. The first kappa shape index (κ1) is 15.4. The first-order valence-corrected chi connectivity index (χ1v) is 4.77. The molecule has 0 radical (unpaired) electrons. The minimum absolute atomic E-state index is 0.0231. The molecule has 0 fully saturated rings. The molecular formula is C9H13N5O4. The minimum Gasteiger partial charge on any atom is -0.481 e. The third kappa shape index (κ3) is 6.09. The summed E-state index contributed by atoms with van der Waals surface area (Å²) in [5.74, 6) is -1.87. The lowest BCUT2D eigenvalue weighted by atomic mass is 10.2. The van der Waals surface area contributed by atoms with Gasteiger partial charge in [0, 0.05) is 6.42 Å². The highest BCUT2D eigenvalue weighted by molar-refractivity contribution is 5.74. The molecule has 1 aromatic heterocycles. The van der Waals surface area contributed by atoms with Gasteiger partial charge in [0.25, 0.3) is 0 Å². The van der Waals surface area contributed by atoms with E-state index in [2.05, 4.69) is 10.2 Å². The topological polar surface area (TPSA) is 179 Å². The molecule has 1 atom stereocenters. The van der Waals surface area contributed by atoms with Crippen molar-refractivity contribution >= 4 is 17.8 Å². The first-order chi connectivity index (χ1) is 8.38. The van der Waals surface area contributed by atoms with Gasteiger partial charge in [-0.2, -0.15) is 10.4 Å². The Kier molecular flexibility index (Phi) is 6.53. The Morgan fingerprint density at radius 3 is 2.44 bits per heavy atom. The van der Waals surface area contributed by atoms with Crippen molar-refractivity contribution in [2.75, 3.05) is 5.73 Å². The summed E-state index contributed by atoms with van der Waals surface area (Å²) in [6, 6.07) is 0.797. The molecule has 0 unspecified atom stereocenters. The quantitative estimate of drug-likeness (QED) is 0.460. The average molecular weight is 255 g/mol. The van der Waals surface area contributed by atoms with Crippen LogP contribution in [-0.4, -0.2) is 38.4 Å². The molecule has 0 aliphatic carbocycles. The van der Waals surface area contributed by atoms with E-state index in [1.54, 1.807) is 0 Å². The Labute approximate surface area is 102 Å². The second-order valence-corrected chi connectivity index (χ2v) is 3.19. The molecule has 0 amide bonds. The third-order valence-corrected chi connectivity index (χ3v) is 1.78. The van der Waals surface area contributed by atoms with Crippen LogP contribution in [-0.2, 0) is 9.59 Å². The fourth-order valence-electron chi connectivity index (χ4n) is 0.788. The number of aromatic nitrogens is 2. The molecule has 0 spiro atoms. The van der Waals surface area contributed by atoms with Gasteiger partial charge in [0.15, 0.2) is 0 Å². The largest absolute Gasteiger partial charge is 0.481 e. The van der Waals surface area contributed by atoms with Crippen LogP contribution in [0.1, 0.15) is 18.4 Å². The molecule has 0 aromatic carbocycles. The van der Waals surface area contributed by atoms with Gasteiger partial charge in [-0.1, -0.05) is 0 Å². The first-order valence-electron chi connectivity index (χ1n) is 4.77. The highest BCUT2D eigenvalue weighted by atomic mass is 16.4. The van der Waals surface area contributed by atoms with E-state index in [9.17, 15) is 9.59 Å². The van der Waals surface area contributed by atoms with Gasteiger partial charge in [-0.25, -0.2) is 0 Å². The van der Waals surface area contributed by atoms with Gasteiger partial charge >= 0.3 is 11.9 Å². The van der Waals surface area contributed by atoms with Crippen molar-refractivity contribution in [1.82, 2.24) is 10.2 Å². The van der Waals surface area contributed by atoms with Crippen molar-refractivity contribution in [3.05, 3.63) is 11.8 Å². The van der Waals surface area contributed by atoms with Crippen LogP contribution in [0.5, 0.6) is 0 Å². The third-order valence-electron chi connectivity index (χ3n) is 1.78. The second-order valence-electron chi connectivity index (χ2n) is 3.19. The van der Waals surface area contributed by atoms with E-state index < -0.39 is 18.0 Å². The Morgan fingerprint density at radius 1 is 1.56 bits per heavy atom. The van der Waals surface area contributed by atoms with E-state index in [4.69, 9.17) is 26.9 Å². The van der Waals surface area contributed by atoms with Crippen LogP contribution < -0.4 is 11.5 Å². The van der Waals surface area contributed by atoms with E-state index >= 15 is 0 Å². The lowest BCUT2D eigenvalue weighted by Crippen LogP contribution is -2.30. The zero-order chi connectivity index (χ0) is 14.1. The summed E-state index contributed by atoms with van der Waals surface area (Å²) in [4.78, 5) is 19.9. The van der Waals surface area contributed by atoms with E-state index in [1.807, 2.05) is 6.07 Å². The summed E-state index contributed by atoms with van der Waals surface area (Å²) in [7, 11) is 0. The summed E-state index contributed by atoms with van der Waals surface area (Å²) >= 11 is 0. The molecular weight excluding hydrogens is 242 g/mol. The van der Waals surface area contributed by atoms with Crippen LogP contribution in [0.2, 0.25) is 0 Å². The van der Waals surface area contributed by atoms with Crippen molar-refractivity contribution in [2.24, 2.45) is 5.73 Å². The van der Waals surface area contributed by atoms with Crippen molar-refractivity contribution < 1.29 is 19.8 Å². The fourth-order valence-corrected chi connectivity index (χ4v) is 0.788. The standard InChI is InChI=1S/C5H9NO4.C4H4N4/c6-3(5(9)10)1-2-4(7)8;5-1-3-2-7-8-4(3)6/h3H,1-2,6H2,(H,7,8)(H,9,10);2H,(H3,6,7,8)/t3-;/m0./s1. The highest BCUT2D eigenvalue weighted by Crippen LogP contribution is 2.01. The minimum atomic E-state index is -1.17. The molecule has 98 valence electrons. The second kappa shape index (κ2) is 7.64. The molecule has 7 N–H and O–H groups in total.